The van der Waals surface area contributed by atoms with Crippen LogP contribution in [0.25, 0.3) is 6.08 Å². The molecule has 1 aromatic heterocycles. The van der Waals surface area contributed by atoms with Crippen LogP contribution in [-0.4, -0.2) is 61.2 Å². The zero-order chi connectivity index (χ0) is 21.7. The molecule has 1 fully saturated rings. The van der Waals surface area contributed by atoms with E-state index in [4.69, 9.17) is 14.5 Å². The molecular formula is C23H30N4O3. The smallest absolute Gasteiger partial charge is 0.246 e. The first kappa shape index (κ1) is 21.6. The van der Waals surface area contributed by atoms with Crippen molar-refractivity contribution < 1.29 is 14.3 Å². The summed E-state index contributed by atoms with van der Waals surface area (Å²) in [5.41, 5.74) is 1.86. The van der Waals surface area contributed by atoms with Crippen molar-refractivity contribution in [3.63, 3.8) is 0 Å². The van der Waals surface area contributed by atoms with E-state index in [-0.39, 0.29) is 11.8 Å². The maximum atomic E-state index is 12.6. The lowest BCUT2D eigenvalue weighted by atomic mass is 10.2. The minimum atomic E-state index is 0.00572. The molecule has 2 heterocycles. The number of carbonyl (C=O) groups excluding carboxylic acids is 1. The number of rotatable bonds is 6. The minimum absolute atomic E-state index is 0.00572. The average Bonchev–Trinajstić information content (AvgIpc) is 2.76. The van der Waals surface area contributed by atoms with Crippen LogP contribution in [0.4, 0.5) is 5.82 Å². The molecule has 1 aliphatic heterocycles. The van der Waals surface area contributed by atoms with E-state index in [2.05, 4.69) is 23.7 Å². The summed E-state index contributed by atoms with van der Waals surface area (Å²) >= 11 is 0. The van der Waals surface area contributed by atoms with Crippen molar-refractivity contribution in [1.29, 1.82) is 0 Å². The number of methoxy groups -OCH3 is 2. The molecule has 0 unspecified atom stereocenters. The van der Waals surface area contributed by atoms with Crippen LogP contribution in [0, 0.1) is 6.92 Å². The van der Waals surface area contributed by atoms with E-state index in [0.717, 1.165) is 36.0 Å². The van der Waals surface area contributed by atoms with Crippen LogP contribution in [0.1, 0.15) is 36.8 Å². The Balaban J connectivity index is 1.61. The van der Waals surface area contributed by atoms with Crippen molar-refractivity contribution >= 4 is 17.8 Å². The fourth-order valence-corrected chi connectivity index (χ4v) is 3.38. The zero-order valence-corrected chi connectivity index (χ0v) is 18.4. The number of anilines is 1. The second kappa shape index (κ2) is 9.61. The van der Waals surface area contributed by atoms with Gasteiger partial charge in [0.25, 0.3) is 0 Å². The second-order valence-corrected chi connectivity index (χ2v) is 7.64. The molecule has 0 radical (unpaired) electrons. The van der Waals surface area contributed by atoms with Crippen LogP contribution in [0.2, 0.25) is 0 Å². The molecule has 2 aromatic rings. The summed E-state index contributed by atoms with van der Waals surface area (Å²) in [6, 6.07) is 7.59. The lowest BCUT2D eigenvalue weighted by Gasteiger charge is -2.35. The summed E-state index contributed by atoms with van der Waals surface area (Å²) in [5, 5.41) is 0. The topological polar surface area (TPSA) is 67.8 Å². The van der Waals surface area contributed by atoms with Crippen LogP contribution in [0.3, 0.4) is 0 Å². The molecule has 0 saturated carbocycles. The Morgan fingerprint density at radius 2 is 1.73 bits per heavy atom. The van der Waals surface area contributed by atoms with Gasteiger partial charge >= 0.3 is 0 Å². The Morgan fingerprint density at radius 3 is 2.37 bits per heavy atom. The van der Waals surface area contributed by atoms with Gasteiger partial charge in [-0.15, -0.1) is 0 Å². The molecule has 1 saturated heterocycles. The van der Waals surface area contributed by atoms with Gasteiger partial charge < -0.3 is 19.3 Å². The van der Waals surface area contributed by atoms with Gasteiger partial charge in [0.15, 0.2) is 11.5 Å². The van der Waals surface area contributed by atoms with Gasteiger partial charge in [0, 0.05) is 49.9 Å². The average molecular weight is 411 g/mol. The highest BCUT2D eigenvalue weighted by atomic mass is 16.5. The summed E-state index contributed by atoms with van der Waals surface area (Å²) in [6.45, 7) is 9.02. The maximum Gasteiger partial charge on any atom is 0.246 e. The molecular weight excluding hydrogens is 380 g/mol. The standard InChI is InChI=1S/C23H30N4O3/c1-16(2)23-24-17(3)14-21(25-23)26-10-12-27(13-11-26)22(28)9-7-18-6-8-19(29-4)20(15-18)30-5/h6-9,14-16H,10-13H2,1-5H3/b9-7+. The van der Waals surface area contributed by atoms with Gasteiger partial charge in [-0.3, -0.25) is 4.79 Å². The van der Waals surface area contributed by atoms with E-state index in [0.29, 0.717) is 24.6 Å². The number of amides is 1. The van der Waals surface area contributed by atoms with Gasteiger partial charge in [-0.2, -0.15) is 0 Å². The van der Waals surface area contributed by atoms with Crippen LogP contribution in [-0.2, 0) is 4.79 Å². The number of nitrogens with zero attached hydrogens (tertiary/aromatic N) is 4. The number of aryl methyl sites for hydroxylation is 1. The molecule has 30 heavy (non-hydrogen) atoms. The van der Waals surface area contributed by atoms with Gasteiger partial charge in [0.1, 0.15) is 11.6 Å². The molecule has 1 aliphatic rings. The normalized spacial score (nSPS) is 14.5. The minimum Gasteiger partial charge on any atom is -0.493 e. The number of benzene rings is 1. The van der Waals surface area contributed by atoms with Gasteiger partial charge in [-0.25, -0.2) is 9.97 Å². The summed E-state index contributed by atoms with van der Waals surface area (Å²) in [5.74, 6) is 3.40. The third kappa shape index (κ3) is 5.09. The fraction of sp³-hybridized carbons (Fsp3) is 0.435. The molecule has 0 spiro atoms. The third-order valence-corrected chi connectivity index (χ3v) is 5.12. The Labute approximate surface area is 178 Å². The monoisotopic (exact) mass is 410 g/mol. The third-order valence-electron chi connectivity index (χ3n) is 5.12. The molecule has 160 valence electrons. The lowest BCUT2D eigenvalue weighted by molar-refractivity contribution is -0.126. The molecule has 1 amide bonds. The fourth-order valence-electron chi connectivity index (χ4n) is 3.38. The molecule has 3 rings (SSSR count). The molecule has 7 nitrogen and oxygen atoms in total. The summed E-state index contributed by atoms with van der Waals surface area (Å²) in [4.78, 5) is 25.9. The number of ether oxygens (including phenoxy) is 2. The largest absolute Gasteiger partial charge is 0.493 e. The van der Waals surface area contributed by atoms with E-state index >= 15 is 0 Å². The van der Waals surface area contributed by atoms with Crippen LogP contribution >= 0.6 is 0 Å². The van der Waals surface area contributed by atoms with Crippen molar-refractivity contribution in [2.45, 2.75) is 26.7 Å². The van der Waals surface area contributed by atoms with E-state index in [9.17, 15) is 4.79 Å². The van der Waals surface area contributed by atoms with Crippen molar-refractivity contribution in [2.75, 3.05) is 45.3 Å². The molecule has 0 atom stereocenters. The van der Waals surface area contributed by atoms with Crippen molar-refractivity contribution in [1.82, 2.24) is 14.9 Å². The highest BCUT2D eigenvalue weighted by Crippen LogP contribution is 2.28. The SMILES string of the molecule is COc1ccc(/C=C/C(=O)N2CCN(c3cc(C)nc(C(C)C)n3)CC2)cc1OC. The van der Waals surface area contributed by atoms with Crippen LogP contribution in [0.5, 0.6) is 11.5 Å². The Morgan fingerprint density at radius 1 is 1.03 bits per heavy atom. The van der Waals surface area contributed by atoms with Crippen molar-refractivity contribution in [3.8, 4) is 11.5 Å². The number of hydrogen-bond acceptors (Lipinski definition) is 6. The van der Waals surface area contributed by atoms with E-state index < -0.39 is 0 Å². The zero-order valence-electron chi connectivity index (χ0n) is 18.4. The predicted octanol–water partition coefficient (Wildman–Crippen LogP) is 3.29. The predicted molar refractivity (Wildman–Crippen MR) is 118 cm³/mol. The van der Waals surface area contributed by atoms with E-state index in [1.807, 2.05) is 36.1 Å². The Kier molecular flexibility index (Phi) is 6.92. The van der Waals surface area contributed by atoms with Crippen molar-refractivity contribution in [3.05, 3.63) is 47.4 Å². The first-order valence-corrected chi connectivity index (χ1v) is 10.2. The molecule has 0 bridgehead atoms. The lowest BCUT2D eigenvalue weighted by Crippen LogP contribution is -2.48. The number of hydrogen-bond donors (Lipinski definition) is 0. The molecule has 0 N–H and O–H groups in total. The number of carbonyl (C=O) groups is 1. The first-order valence-electron chi connectivity index (χ1n) is 10.2. The van der Waals surface area contributed by atoms with Crippen molar-refractivity contribution in [2.24, 2.45) is 0 Å². The molecule has 7 heteroatoms. The summed E-state index contributed by atoms with van der Waals surface area (Å²) in [7, 11) is 3.20. The van der Waals surface area contributed by atoms with Crippen LogP contribution in [0.15, 0.2) is 30.3 Å². The summed E-state index contributed by atoms with van der Waals surface area (Å²) < 4.78 is 10.6. The number of aromatic nitrogens is 2. The summed E-state index contributed by atoms with van der Waals surface area (Å²) in [6.07, 6.45) is 3.42. The number of piperazine rings is 1. The quantitative estimate of drug-likeness (QED) is 0.681. The van der Waals surface area contributed by atoms with Gasteiger partial charge in [-0.05, 0) is 30.7 Å². The highest BCUT2D eigenvalue weighted by molar-refractivity contribution is 5.92. The van der Waals surface area contributed by atoms with E-state index in [1.165, 1.54) is 0 Å². The van der Waals surface area contributed by atoms with Gasteiger partial charge in [-0.1, -0.05) is 19.9 Å². The second-order valence-electron chi connectivity index (χ2n) is 7.64. The van der Waals surface area contributed by atoms with Gasteiger partial charge in [0.2, 0.25) is 5.91 Å². The first-order chi connectivity index (χ1) is 14.4. The van der Waals surface area contributed by atoms with E-state index in [1.54, 1.807) is 26.4 Å². The Hall–Kier alpha value is -3.09. The van der Waals surface area contributed by atoms with Gasteiger partial charge in [0.05, 0.1) is 14.2 Å². The maximum absolute atomic E-state index is 12.6. The molecule has 1 aromatic carbocycles. The van der Waals surface area contributed by atoms with Crippen LogP contribution < -0.4 is 14.4 Å². The molecule has 0 aliphatic carbocycles. The Bertz CT molecular complexity index is 919. The highest BCUT2D eigenvalue weighted by Gasteiger charge is 2.21.